The summed E-state index contributed by atoms with van der Waals surface area (Å²) in [4.78, 5) is 17.3. The van der Waals surface area contributed by atoms with Crippen LogP contribution in [0.1, 0.15) is 24.4 Å². The molecular weight excluding hydrogens is 260 g/mol. The van der Waals surface area contributed by atoms with Crippen LogP contribution < -0.4 is 5.56 Å². The van der Waals surface area contributed by atoms with Gasteiger partial charge in [0, 0.05) is 23.3 Å². The molecule has 0 atom stereocenters. The van der Waals surface area contributed by atoms with E-state index in [2.05, 4.69) is 4.98 Å². The molecule has 0 saturated heterocycles. The first-order valence-corrected chi connectivity index (χ1v) is 7.04. The van der Waals surface area contributed by atoms with Gasteiger partial charge in [0.1, 0.15) is 0 Å². The summed E-state index contributed by atoms with van der Waals surface area (Å²) in [6, 6.07) is 7.86. The molecule has 1 aromatic heterocycles. The van der Waals surface area contributed by atoms with Gasteiger partial charge in [-0.2, -0.15) is 0 Å². The molecule has 1 heterocycles. The Kier molecular flexibility index (Phi) is 3.40. The van der Waals surface area contributed by atoms with E-state index in [0.717, 1.165) is 23.3 Å². The number of rotatable bonds is 4. The van der Waals surface area contributed by atoms with Crippen molar-refractivity contribution in [2.75, 3.05) is 0 Å². The molecule has 1 saturated carbocycles. The third kappa shape index (κ3) is 2.72. The highest BCUT2D eigenvalue weighted by molar-refractivity contribution is 7.99. The minimum Gasteiger partial charge on any atom is -0.392 e. The summed E-state index contributed by atoms with van der Waals surface area (Å²) in [5, 5.41) is 9.50. The van der Waals surface area contributed by atoms with E-state index in [0.29, 0.717) is 11.1 Å². The topological polar surface area (TPSA) is 55.1 Å². The Hall–Kier alpha value is -1.59. The van der Waals surface area contributed by atoms with Crippen LogP contribution in [-0.4, -0.2) is 14.7 Å². The zero-order valence-corrected chi connectivity index (χ0v) is 11.1. The molecule has 19 heavy (non-hydrogen) atoms. The van der Waals surface area contributed by atoms with Gasteiger partial charge >= 0.3 is 0 Å². The second-order valence-corrected chi connectivity index (χ2v) is 5.64. The number of aromatic nitrogens is 2. The lowest BCUT2D eigenvalue weighted by molar-refractivity contribution is 0.282. The van der Waals surface area contributed by atoms with E-state index in [-0.39, 0.29) is 12.2 Å². The SMILES string of the molecule is O=c1c(Sc2ccc(CO)cc2)nccn1C1CC1. The van der Waals surface area contributed by atoms with E-state index in [4.69, 9.17) is 5.11 Å². The highest BCUT2D eigenvalue weighted by Gasteiger charge is 2.25. The van der Waals surface area contributed by atoms with Crippen molar-refractivity contribution in [1.82, 2.24) is 9.55 Å². The van der Waals surface area contributed by atoms with Crippen molar-refractivity contribution in [2.45, 2.75) is 35.4 Å². The van der Waals surface area contributed by atoms with Gasteiger partial charge in [-0.05, 0) is 30.5 Å². The lowest BCUT2D eigenvalue weighted by Crippen LogP contribution is -2.20. The molecule has 2 aromatic rings. The molecule has 3 rings (SSSR count). The van der Waals surface area contributed by atoms with Gasteiger partial charge in [-0.15, -0.1) is 0 Å². The minimum absolute atomic E-state index is 0.0127. The second-order valence-electron chi connectivity index (χ2n) is 4.58. The Morgan fingerprint density at radius 2 is 2.05 bits per heavy atom. The van der Waals surface area contributed by atoms with Crippen LogP contribution >= 0.6 is 11.8 Å². The predicted molar refractivity (Wildman–Crippen MR) is 73.3 cm³/mol. The Bertz CT molecular complexity index is 633. The van der Waals surface area contributed by atoms with Crippen LogP contribution in [0, 0.1) is 0 Å². The van der Waals surface area contributed by atoms with Crippen molar-refractivity contribution in [3.63, 3.8) is 0 Å². The Labute approximate surface area is 115 Å². The molecule has 1 fully saturated rings. The summed E-state index contributed by atoms with van der Waals surface area (Å²) in [5.41, 5.74) is 0.849. The largest absolute Gasteiger partial charge is 0.392 e. The number of hydrogen-bond donors (Lipinski definition) is 1. The molecular formula is C14H14N2O2S. The Morgan fingerprint density at radius 3 is 2.68 bits per heavy atom. The summed E-state index contributed by atoms with van der Waals surface area (Å²) < 4.78 is 1.78. The summed E-state index contributed by atoms with van der Waals surface area (Å²) in [7, 11) is 0. The summed E-state index contributed by atoms with van der Waals surface area (Å²) in [5.74, 6) is 0. The quantitative estimate of drug-likeness (QED) is 0.929. The maximum Gasteiger partial charge on any atom is 0.283 e. The van der Waals surface area contributed by atoms with Gasteiger partial charge < -0.3 is 9.67 Å². The van der Waals surface area contributed by atoms with Gasteiger partial charge in [-0.1, -0.05) is 23.9 Å². The highest BCUT2D eigenvalue weighted by Crippen LogP contribution is 2.33. The number of hydrogen-bond acceptors (Lipinski definition) is 4. The maximum atomic E-state index is 12.2. The fourth-order valence-electron chi connectivity index (χ4n) is 1.89. The molecule has 4 nitrogen and oxygen atoms in total. The fraction of sp³-hybridized carbons (Fsp3) is 0.286. The van der Waals surface area contributed by atoms with Crippen molar-refractivity contribution >= 4 is 11.8 Å². The smallest absolute Gasteiger partial charge is 0.283 e. The van der Waals surface area contributed by atoms with Gasteiger partial charge in [0.15, 0.2) is 5.03 Å². The molecule has 1 N–H and O–H groups in total. The number of benzene rings is 1. The molecule has 0 spiro atoms. The van der Waals surface area contributed by atoms with Crippen molar-refractivity contribution in [1.29, 1.82) is 0 Å². The van der Waals surface area contributed by atoms with Crippen molar-refractivity contribution < 1.29 is 5.11 Å². The van der Waals surface area contributed by atoms with Crippen LogP contribution in [0.25, 0.3) is 0 Å². The van der Waals surface area contributed by atoms with Gasteiger partial charge in [0.05, 0.1) is 6.61 Å². The van der Waals surface area contributed by atoms with E-state index >= 15 is 0 Å². The molecule has 1 aromatic carbocycles. The van der Waals surface area contributed by atoms with Crippen molar-refractivity contribution in [3.8, 4) is 0 Å². The summed E-state index contributed by atoms with van der Waals surface area (Å²) in [6.45, 7) is 0.0308. The highest BCUT2D eigenvalue weighted by atomic mass is 32.2. The first kappa shape index (κ1) is 12.4. The summed E-state index contributed by atoms with van der Waals surface area (Å²) >= 11 is 1.37. The van der Waals surface area contributed by atoms with Gasteiger partial charge in [-0.25, -0.2) is 4.98 Å². The summed E-state index contributed by atoms with van der Waals surface area (Å²) in [6.07, 6.45) is 5.61. The number of aliphatic hydroxyl groups is 1. The van der Waals surface area contributed by atoms with Crippen LogP contribution in [0.3, 0.4) is 0 Å². The van der Waals surface area contributed by atoms with E-state index in [1.165, 1.54) is 11.8 Å². The van der Waals surface area contributed by atoms with Crippen LogP contribution in [0.5, 0.6) is 0 Å². The Balaban J connectivity index is 1.86. The van der Waals surface area contributed by atoms with Gasteiger partial charge in [-0.3, -0.25) is 4.79 Å². The van der Waals surface area contributed by atoms with E-state index < -0.39 is 0 Å². The predicted octanol–water partition coefficient (Wildman–Crippen LogP) is 2.22. The van der Waals surface area contributed by atoms with E-state index in [1.54, 1.807) is 17.0 Å². The van der Waals surface area contributed by atoms with Crippen LogP contribution in [-0.2, 0) is 6.61 Å². The van der Waals surface area contributed by atoms with Gasteiger partial charge in [0.2, 0.25) is 0 Å². The fourth-order valence-corrected chi connectivity index (χ4v) is 2.69. The molecule has 0 unspecified atom stereocenters. The molecule has 5 heteroatoms. The first-order valence-electron chi connectivity index (χ1n) is 6.23. The van der Waals surface area contributed by atoms with Gasteiger partial charge in [0.25, 0.3) is 5.56 Å². The van der Waals surface area contributed by atoms with Crippen molar-refractivity contribution in [2.24, 2.45) is 0 Å². The zero-order chi connectivity index (χ0) is 13.2. The third-order valence-electron chi connectivity index (χ3n) is 3.10. The normalized spacial score (nSPS) is 14.6. The first-order chi connectivity index (χ1) is 9.28. The number of nitrogens with zero attached hydrogens (tertiary/aromatic N) is 2. The molecule has 98 valence electrons. The third-order valence-corrected chi connectivity index (χ3v) is 4.08. The standard InChI is InChI=1S/C14H14N2O2S/c17-9-10-1-5-12(6-2-10)19-13-14(18)16(8-7-15-13)11-3-4-11/h1-2,5-8,11,17H,3-4,9H2. The lowest BCUT2D eigenvalue weighted by atomic mass is 10.2. The lowest BCUT2D eigenvalue weighted by Gasteiger charge is -2.05. The molecule has 0 amide bonds. The minimum atomic E-state index is -0.0127. The zero-order valence-electron chi connectivity index (χ0n) is 10.3. The van der Waals surface area contributed by atoms with Crippen LogP contribution in [0.15, 0.2) is 51.4 Å². The molecule has 0 aliphatic heterocycles. The molecule has 1 aliphatic rings. The molecule has 1 aliphatic carbocycles. The van der Waals surface area contributed by atoms with Crippen molar-refractivity contribution in [3.05, 3.63) is 52.6 Å². The van der Waals surface area contributed by atoms with Crippen LogP contribution in [0.4, 0.5) is 0 Å². The second kappa shape index (κ2) is 5.19. The van der Waals surface area contributed by atoms with E-state index in [9.17, 15) is 4.79 Å². The monoisotopic (exact) mass is 274 g/mol. The van der Waals surface area contributed by atoms with E-state index in [1.807, 2.05) is 24.3 Å². The molecule has 0 bridgehead atoms. The van der Waals surface area contributed by atoms with Crippen LogP contribution in [0.2, 0.25) is 0 Å². The molecule has 0 radical (unpaired) electrons. The number of aliphatic hydroxyl groups excluding tert-OH is 1. The average molecular weight is 274 g/mol. The Morgan fingerprint density at radius 1 is 1.32 bits per heavy atom. The average Bonchev–Trinajstić information content (AvgIpc) is 3.26. The maximum absolute atomic E-state index is 12.2.